The molecule has 0 heterocycles. The largest absolute Gasteiger partial charge is 0.388 e. The van der Waals surface area contributed by atoms with E-state index in [2.05, 4.69) is 26.3 Å². The first-order valence-electron chi connectivity index (χ1n) is 6.42. The SMILES string of the molecule is CONC(C)C1(O)C[C@H](C)CC[C@H]1C(C)C. The molecular formula is C13H27NO2. The van der Waals surface area contributed by atoms with E-state index in [4.69, 9.17) is 4.84 Å². The first-order chi connectivity index (χ1) is 7.41. The van der Waals surface area contributed by atoms with E-state index >= 15 is 0 Å². The van der Waals surface area contributed by atoms with Crippen LogP contribution in [0.5, 0.6) is 0 Å². The molecule has 0 saturated heterocycles. The summed E-state index contributed by atoms with van der Waals surface area (Å²) in [7, 11) is 1.61. The number of hydrogen-bond donors (Lipinski definition) is 2. The maximum atomic E-state index is 10.9. The minimum Gasteiger partial charge on any atom is -0.388 e. The molecule has 3 heteroatoms. The van der Waals surface area contributed by atoms with E-state index in [1.807, 2.05) is 6.92 Å². The molecule has 0 aromatic heterocycles. The van der Waals surface area contributed by atoms with Crippen LogP contribution in [0.25, 0.3) is 0 Å². The second-order valence-corrected chi connectivity index (χ2v) is 5.77. The highest BCUT2D eigenvalue weighted by Gasteiger charge is 2.46. The van der Waals surface area contributed by atoms with Crippen molar-refractivity contribution in [3.05, 3.63) is 0 Å². The van der Waals surface area contributed by atoms with Crippen LogP contribution in [0.15, 0.2) is 0 Å². The van der Waals surface area contributed by atoms with Crippen LogP contribution in [0, 0.1) is 17.8 Å². The highest BCUT2D eigenvalue weighted by molar-refractivity contribution is 4.98. The fourth-order valence-corrected chi connectivity index (χ4v) is 3.21. The summed E-state index contributed by atoms with van der Waals surface area (Å²) in [5.74, 6) is 1.47. The predicted molar refractivity (Wildman–Crippen MR) is 65.9 cm³/mol. The first-order valence-corrected chi connectivity index (χ1v) is 6.42. The van der Waals surface area contributed by atoms with E-state index in [-0.39, 0.29) is 6.04 Å². The van der Waals surface area contributed by atoms with Crippen molar-refractivity contribution in [1.29, 1.82) is 0 Å². The summed E-state index contributed by atoms with van der Waals surface area (Å²) in [6.45, 7) is 8.63. The Labute approximate surface area is 99.5 Å². The Morgan fingerprint density at radius 1 is 1.31 bits per heavy atom. The Morgan fingerprint density at radius 3 is 2.44 bits per heavy atom. The van der Waals surface area contributed by atoms with Crippen molar-refractivity contribution in [2.75, 3.05) is 7.11 Å². The molecule has 96 valence electrons. The second kappa shape index (κ2) is 5.48. The zero-order valence-electron chi connectivity index (χ0n) is 11.3. The summed E-state index contributed by atoms with van der Waals surface area (Å²) in [6.07, 6.45) is 3.21. The molecule has 0 spiro atoms. The molecule has 1 aliphatic carbocycles. The van der Waals surface area contributed by atoms with Gasteiger partial charge in [0, 0.05) is 0 Å². The molecule has 1 rings (SSSR count). The molecule has 1 fully saturated rings. The van der Waals surface area contributed by atoms with Gasteiger partial charge in [0.15, 0.2) is 0 Å². The Bertz CT molecular complexity index is 220. The highest BCUT2D eigenvalue weighted by Crippen LogP contribution is 2.42. The van der Waals surface area contributed by atoms with Gasteiger partial charge in [-0.15, -0.1) is 0 Å². The summed E-state index contributed by atoms with van der Waals surface area (Å²) in [6, 6.07) is -0.0207. The smallest absolute Gasteiger partial charge is 0.0853 e. The Hall–Kier alpha value is -0.120. The summed E-state index contributed by atoms with van der Waals surface area (Å²) in [5.41, 5.74) is 2.27. The third kappa shape index (κ3) is 2.76. The highest BCUT2D eigenvalue weighted by atomic mass is 16.6. The maximum absolute atomic E-state index is 10.9. The average molecular weight is 229 g/mol. The van der Waals surface area contributed by atoms with Crippen LogP contribution in [0.3, 0.4) is 0 Å². The summed E-state index contributed by atoms with van der Waals surface area (Å²) < 4.78 is 0. The maximum Gasteiger partial charge on any atom is 0.0853 e. The van der Waals surface area contributed by atoms with Gasteiger partial charge >= 0.3 is 0 Å². The zero-order chi connectivity index (χ0) is 12.3. The van der Waals surface area contributed by atoms with E-state index in [9.17, 15) is 5.11 Å². The van der Waals surface area contributed by atoms with Crippen LogP contribution in [0.1, 0.15) is 47.0 Å². The fourth-order valence-electron chi connectivity index (χ4n) is 3.21. The lowest BCUT2D eigenvalue weighted by atomic mass is 9.64. The van der Waals surface area contributed by atoms with Gasteiger partial charge in [-0.2, -0.15) is 5.48 Å². The number of aliphatic hydroxyl groups is 1. The van der Waals surface area contributed by atoms with Gasteiger partial charge in [0.05, 0.1) is 18.8 Å². The molecule has 0 radical (unpaired) electrons. The summed E-state index contributed by atoms with van der Waals surface area (Å²) in [5, 5.41) is 10.9. The molecule has 0 aromatic carbocycles. The number of hydrogen-bond acceptors (Lipinski definition) is 3. The van der Waals surface area contributed by atoms with Gasteiger partial charge in [-0.3, -0.25) is 0 Å². The minimum absolute atomic E-state index is 0.0207. The third-order valence-electron chi connectivity index (χ3n) is 4.14. The molecule has 0 amide bonds. The van der Waals surface area contributed by atoms with Crippen LogP contribution in [0.2, 0.25) is 0 Å². The van der Waals surface area contributed by atoms with E-state index in [0.717, 1.165) is 12.8 Å². The van der Waals surface area contributed by atoms with Crippen molar-refractivity contribution in [3.63, 3.8) is 0 Å². The zero-order valence-corrected chi connectivity index (χ0v) is 11.3. The van der Waals surface area contributed by atoms with Gasteiger partial charge in [0.1, 0.15) is 0 Å². The van der Waals surface area contributed by atoms with E-state index in [1.165, 1.54) is 6.42 Å². The van der Waals surface area contributed by atoms with E-state index < -0.39 is 5.60 Å². The molecule has 1 saturated carbocycles. The Morgan fingerprint density at radius 2 is 1.94 bits per heavy atom. The van der Waals surface area contributed by atoms with Gasteiger partial charge in [-0.25, -0.2) is 0 Å². The molecule has 2 N–H and O–H groups in total. The number of nitrogens with one attached hydrogen (secondary N) is 1. The molecule has 1 aliphatic rings. The predicted octanol–water partition coefficient (Wildman–Crippen LogP) is 2.35. The van der Waals surface area contributed by atoms with E-state index in [1.54, 1.807) is 7.11 Å². The van der Waals surface area contributed by atoms with Crippen LogP contribution >= 0.6 is 0 Å². The quantitative estimate of drug-likeness (QED) is 0.727. The third-order valence-corrected chi connectivity index (χ3v) is 4.14. The lowest BCUT2D eigenvalue weighted by molar-refractivity contribution is -0.129. The monoisotopic (exact) mass is 229 g/mol. The van der Waals surface area contributed by atoms with Crippen molar-refractivity contribution >= 4 is 0 Å². The second-order valence-electron chi connectivity index (χ2n) is 5.77. The lowest BCUT2D eigenvalue weighted by Gasteiger charge is -2.48. The van der Waals surface area contributed by atoms with Crippen molar-refractivity contribution in [2.45, 2.75) is 58.6 Å². The first kappa shape index (κ1) is 13.9. The van der Waals surface area contributed by atoms with Crippen molar-refractivity contribution < 1.29 is 9.94 Å². The molecule has 0 bridgehead atoms. The van der Waals surface area contributed by atoms with Crippen LogP contribution in [-0.4, -0.2) is 23.9 Å². The number of hydroxylamine groups is 1. The fraction of sp³-hybridized carbons (Fsp3) is 1.00. The van der Waals surface area contributed by atoms with Gasteiger partial charge < -0.3 is 9.94 Å². The van der Waals surface area contributed by atoms with Gasteiger partial charge in [0.25, 0.3) is 0 Å². The Kier molecular flexibility index (Phi) is 4.77. The summed E-state index contributed by atoms with van der Waals surface area (Å²) in [4.78, 5) is 4.98. The molecular weight excluding hydrogens is 202 g/mol. The van der Waals surface area contributed by atoms with E-state index in [0.29, 0.717) is 17.8 Å². The van der Waals surface area contributed by atoms with Crippen molar-refractivity contribution in [3.8, 4) is 0 Å². The van der Waals surface area contributed by atoms with Gasteiger partial charge in [0.2, 0.25) is 0 Å². The van der Waals surface area contributed by atoms with Crippen LogP contribution in [0.4, 0.5) is 0 Å². The topological polar surface area (TPSA) is 41.5 Å². The Balaban J connectivity index is 2.83. The van der Waals surface area contributed by atoms with Crippen molar-refractivity contribution in [2.24, 2.45) is 17.8 Å². The molecule has 0 aromatic rings. The molecule has 16 heavy (non-hydrogen) atoms. The summed E-state index contributed by atoms with van der Waals surface area (Å²) >= 11 is 0. The van der Waals surface area contributed by atoms with Gasteiger partial charge in [-0.05, 0) is 37.5 Å². The molecule has 4 atom stereocenters. The average Bonchev–Trinajstić information content (AvgIpc) is 2.17. The normalized spacial score (nSPS) is 37.7. The standard InChI is InChI=1S/C13H27NO2/c1-9(2)12-7-6-10(3)8-13(12,15)11(4)14-16-5/h9-12,14-15H,6-8H2,1-5H3/t10-,11?,12+,13?/m1/s1. The lowest BCUT2D eigenvalue weighted by Crippen LogP contribution is -2.57. The van der Waals surface area contributed by atoms with Crippen molar-refractivity contribution in [1.82, 2.24) is 5.48 Å². The van der Waals surface area contributed by atoms with Gasteiger partial charge in [-0.1, -0.05) is 27.2 Å². The molecule has 2 unspecified atom stereocenters. The number of rotatable bonds is 4. The van der Waals surface area contributed by atoms with Crippen LogP contribution < -0.4 is 5.48 Å². The minimum atomic E-state index is -0.637. The molecule has 3 nitrogen and oxygen atoms in total. The van der Waals surface area contributed by atoms with Crippen LogP contribution in [-0.2, 0) is 4.84 Å². The molecule has 0 aliphatic heterocycles.